The van der Waals surface area contributed by atoms with Gasteiger partial charge in [0, 0.05) is 17.6 Å². The number of hydrogen-bond acceptors (Lipinski definition) is 3. The van der Waals surface area contributed by atoms with Crippen LogP contribution in [0.4, 0.5) is 0 Å². The molecule has 0 aromatic heterocycles. The Bertz CT molecular complexity index is 512. The molecule has 108 valence electrons. The van der Waals surface area contributed by atoms with Crippen LogP contribution in [-0.4, -0.2) is 41.6 Å². The van der Waals surface area contributed by atoms with Gasteiger partial charge in [-0.3, -0.25) is 4.79 Å². The van der Waals surface area contributed by atoms with E-state index in [4.69, 9.17) is 9.84 Å². The third-order valence-electron chi connectivity index (χ3n) is 3.23. The molecule has 0 saturated carbocycles. The maximum atomic E-state index is 12.0. The molecular weight excluding hydrogens is 326 g/mol. The number of carbonyl (C=O) groups excluding carboxylic acids is 1. The Labute approximate surface area is 125 Å². The van der Waals surface area contributed by atoms with E-state index in [9.17, 15) is 9.59 Å². The molecule has 0 atom stereocenters. The van der Waals surface area contributed by atoms with Gasteiger partial charge in [-0.05, 0) is 37.5 Å². The largest absolute Gasteiger partial charge is 0.483 e. The molecule has 0 unspecified atom stereocenters. The molecule has 1 aromatic rings. The summed E-state index contributed by atoms with van der Waals surface area (Å²) in [6.45, 7) is 1.39. The van der Waals surface area contributed by atoms with Crippen LogP contribution in [0.3, 0.4) is 0 Å². The molecule has 1 heterocycles. The fraction of sp³-hybridized carbons (Fsp3) is 0.429. The molecule has 1 N–H and O–H groups in total. The zero-order valence-corrected chi connectivity index (χ0v) is 12.6. The predicted octanol–water partition coefficient (Wildman–Crippen LogP) is 2.54. The Hall–Kier alpha value is -1.56. The third-order valence-corrected chi connectivity index (χ3v) is 3.73. The van der Waals surface area contributed by atoms with E-state index in [2.05, 4.69) is 15.9 Å². The number of amides is 1. The minimum atomic E-state index is -1.08. The average molecular weight is 342 g/mol. The first-order valence-corrected chi connectivity index (χ1v) is 7.30. The topological polar surface area (TPSA) is 66.8 Å². The first-order valence-electron chi connectivity index (χ1n) is 6.51. The van der Waals surface area contributed by atoms with Crippen molar-refractivity contribution < 1.29 is 19.4 Å². The molecule has 1 aliphatic rings. The Balaban J connectivity index is 1.99. The van der Waals surface area contributed by atoms with Crippen molar-refractivity contribution in [1.82, 2.24) is 4.90 Å². The quantitative estimate of drug-likeness (QED) is 0.913. The van der Waals surface area contributed by atoms with Gasteiger partial charge in [-0.15, -0.1) is 0 Å². The van der Waals surface area contributed by atoms with E-state index in [-0.39, 0.29) is 23.8 Å². The van der Waals surface area contributed by atoms with Crippen LogP contribution in [-0.2, 0) is 4.79 Å². The summed E-state index contributed by atoms with van der Waals surface area (Å²) in [7, 11) is 0. The fourth-order valence-electron chi connectivity index (χ4n) is 2.17. The number of carboxylic acids is 1. The maximum absolute atomic E-state index is 12.0. The molecule has 5 nitrogen and oxygen atoms in total. The third kappa shape index (κ3) is 3.72. The second kappa shape index (κ2) is 6.74. The second-order valence-electron chi connectivity index (χ2n) is 4.68. The minimum Gasteiger partial charge on any atom is -0.483 e. The van der Waals surface area contributed by atoms with Gasteiger partial charge in [0.1, 0.15) is 11.3 Å². The standard InChI is InChI=1S/C14H16BrNO4/c15-10-4-5-12(11(8-10)14(18)19)20-9-13(17)16-6-2-1-3-7-16/h4-5,8H,1-3,6-7,9H2,(H,18,19). The van der Waals surface area contributed by atoms with Crippen molar-refractivity contribution in [3.8, 4) is 5.75 Å². The summed E-state index contributed by atoms with van der Waals surface area (Å²) >= 11 is 3.21. The first-order chi connectivity index (χ1) is 9.58. The van der Waals surface area contributed by atoms with Crippen LogP contribution in [0.2, 0.25) is 0 Å². The highest BCUT2D eigenvalue weighted by atomic mass is 79.9. The Morgan fingerprint density at radius 1 is 1.25 bits per heavy atom. The summed E-state index contributed by atoms with van der Waals surface area (Å²) in [5.41, 5.74) is 0.0471. The van der Waals surface area contributed by atoms with Gasteiger partial charge < -0.3 is 14.7 Å². The second-order valence-corrected chi connectivity index (χ2v) is 5.59. The van der Waals surface area contributed by atoms with Gasteiger partial charge in [0.15, 0.2) is 6.61 Å². The van der Waals surface area contributed by atoms with Crippen molar-refractivity contribution in [3.63, 3.8) is 0 Å². The highest BCUT2D eigenvalue weighted by Crippen LogP contribution is 2.23. The number of carboxylic acid groups (broad SMARTS) is 1. The number of piperidine rings is 1. The molecule has 0 aliphatic carbocycles. The van der Waals surface area contributed by atoms with E-state index in [1.165, 1.54) is 6.07 Å². The van der Waals surface area contributed by atoms with Crippen molar-refractivity contribution in [2.45, 2.75) is 19.3 Å². The zero-order valence-electron chi connectivity index (χ0n) is 11.0. The van der Waals surface area contributed by atoms with Crippen LogP contribution in [0.5, 0.6) is 5.75 Å². The Morgan fingerprint density at radius 3 is 2.60 bits per heavy atom. The molecule has 2 rings (SSSR count). The SMILES string of the molecule is O=C(O)c1cc(Br)ccc1OCC(=O)N1CCCCC1. The highest BCUT2D eigenvalue weighted by molar-refractivity contribution is 9.10. The molecule has 1 saturated heterocycles. The molecule has 1 fully saturated rings. The van der Waals surface area contributed by atoms with Gasteiger partial charge in [-0.25, -0.2) is 4.79 Å². The van der Waals surface area contributed by atoms with Crippen LogP contribution in [0.15, 0.2) is 22.7 Å². The predicted molar refractivity (Wildman–Crippen MR) is 77.0 cm³/mol. The van der Waals surface area contributed by atoms with Crippen LogP contribution in [0, 0.1) is 0 Å². The lowest BCUT2D eigenvalue weighted by atomic mass is 10.1. The number of ether oxygens (including phenoxy) is 1. The van der Waals surface area contributed by atoms with E-state index in [1.54, 1.807) is 17.0 Å². The van der Waals surface area contributed by atoms with Crippen molar-refractivity contribution >= 4 is 27.8 Å². The molecule has 6 heteroatoms. The Kier molecular flexibility index (Phi) is 5.00. The highest BCUT2D eigenvalue weighted by Gasteiger charge is 2.18. The Morgan fingerprint density at radius 2 is 1.95 bits per heavy atom. The van der Waals surface area contributed by atoms with E-state index in [1.807, 2.05) is 0 Å². The van der Waals surface area contributed by atoms with Crippen molar-refractivity contribution in [1.29, 1.82) is 0 Å². The number of aromatic carboxylic acids is 1. The summed E-state index contributed by atoms with van der Waals surface area (Å²) in [4.78, 5) is 24.9. The summed E-state index contributed by atoms with van der Waals surface area (Å²) in [5, 5.41) is 9.11. The number of nitrogens with zero attached hydrogens (tertiary/aromatic N) is 1. The monoisotopic (exact) mass is 341 g/mol. The van der Waals surface area contributed by atoms with Crippen LogP contribution in [0.25, 0.3) is 0 Å². The van der Waals surface area contributed by atoms with Gasteiger partial charge in [0.05, 0.1) is 0 Å². The average Bonchev–Trinajstić information content (AvgIpc) is 2.46. The summed E-state index contributed by atoms with van der Waals surface area (Å²) in [6, 6.07) is 4.70. The fourth-order valence-corrected chi connectivity index (χ4v) is 2.53. The molecule has 0 bridgehead atoms. The zero-order chi connectivity index (χ0) is 14.5. The van der Waals surface area contributed by atoms with Crippen LogP contribution < -0.4 is 4.74 Å². The van der Waals surface area contributed by atoms with E-state index < -0.39 is 5.97 Å². The number of rotatable bonds is 4. The molecule has 20 heavy (non-hydrogen) atoms. The lowest BCUT2D eigenvalue weighted by Gasteiger charge is -2.26. The first kappa shape index (κ1) is 14.8. The van der Waals surface area contributed by atoms with Gasteiger partial charge >= 0.3 is 5.97 Å². The molecule has 0 spiro atoms. The van der Waals surface area contributed by atoms with Crippen molar-refractivity contribution in [2.75, 3.05) is 19.7 Å². The number of likely N-dealkylation sites (tertiary alicyclic amines) is 1. The number of carbonyl (C=O) groups is 2. The summed E-state index contributed by atoms with van der Waals surface area (Å²) < 4.78 is 6.03. The van der Waals surface area contributed by atoms with Gasteiger partial charge in [0.25, 0.3) is 5.91 Å². The normalized spacial score (nSPS) is 14.9. The molecule has 1 aliphatic heterocycles. The lowest BCUT2D eigenvalue weighted by molar-refractivity contribution is -0.134. The summed E-state index contributed by atoms with van der Waals surface area (Å²) in [5.74, 6) is -0.957. The van der Waals surface area contributed by atoms with Gasteiger partial charge in [-0.2, -0.15) is 0 Å². The molecule has 0 radical (unpaired) electrons. The minimum absolute atomic E-state index is 0.0471. The smallest absolute Gasteiger partial charge is 0.339 e. The van der Waals surface area contributed by atoms with Crippen LogP contribution >= 0.6 is 15.9 Å². The van der Waals surface area contributed by atoms with Crippen molar-refractivity contribution in [3.05, 3.63) is 28.2 Å². The van der Waals surface area contributed by atoms with E-state index >= 15 is 0 Å². The van der Waals surface area contributed by atoms with Crippen LogP contribution in [0.1, 0.15) is 29.6 Å². The lowest BCUT2D eigenvalue weighted by Crippen LogP contribution is -2.38. The molecule has 1 aromatic carbocycles. The molecular formula is C14H16BrNO4. The summed E-state index contributed by atoms with van der Waals surface area (Å²) in [6.07, 6.45) is 3.19. The van der Waals surface area contributed by atoms with Crippen molar-refractivity contribution in [2.24, 2.45) is 0 Å². The number of halogens is 1. The van der Waals surface area contributed by atoms with E-state index in [0.29, 0.717) is 4.47 Å². The van der Waals surface area contributed by atoms with Gasteiger partial charge in [-0.1, -0.05) is 15.9 Å². The number of benzene rings is 1. The number of hydrogen-bond donors (Lipinski definition) is 1. The van der Waals surface area contributed by atoms with Gasteiger partial charge in [0.2, 0.25) is 0 Å². The van der Waals surface area contributed by atoms with E-state index in [0.717, 1.165) is 32.4 Å². The molecule has 1 amide bonds. The maximum Gasteiger partial charge on any atom is 0.339 e.